The summed E-state index contributed by atoms with van der Waals surface area (Å²) in [5, 5.41) is 6.73. The Balaban J connectivity index is 0.670. The molecule has 0 bridgehead atoms. The van der Waals surface area contributed by atoms with Crippen molar-refractivity contribution in [3.63, 3.8) is 0 Å². The molecule has 0 radical (unpaired) electrons. The van der Waals surface area contributed by atoms with Crippen molar-refractivity contribution in [2.24, 2.45) is 0 Å². The van der Waals surface area contributed by atoms with Crippen molar-refractivity contribution in [3.05, 3.63) is 168 Å². The van der Waals surface area contributed by atoms with E-state index in [1.807, 2.05) is 48.5 Å². The second-order valence-electron chi connectivity index (χ2n) is 15.8. The summed E-state index contributed by atoms with van der Waals surface area (Å²) in [6.45, 7) is 2.58. The molecular formula is C53H40O12. The van der Waals surface area contributed by atoms with Crippen molar-refractivity contribution in [2.45, 2.75) is 18.6 Å². The maximum absolute atomic E-state index is 13.0. The molecule has 2 fully saturated rings. The molecule has 2 atom stereocenters. The Kier molecular flexibility index (Phi) is 11.5. The van der Waals surface area contributed by atoms with E-state index in [1.54, 1.807) is 97.1 Å². The highest BCUT2D eigenvalue weighted by Crippen LogP contribution is 2.29. The minimum atomic E-state index is -0.516. The smallest absolute Gasteiger partial charge is 0.343 e. The molecule has 8 aromatic carbocycles. The third kappa shape index (κ3) is 10.0. The minimum Gasteiger partial charge on any atom is -0.491 e. The number of carbonyl (C=O) groups is 4. The molecule has 0 saturated carbocycles. The summed E-state index contributed by atoms with van der Waals surface area (Å²) in [5.74, 6) is 0.215. The van der Waals surface area contributed by atoms with Gasteiger partial charge in [-0.05, 0) is 140 Å². The molecule has 0 aromatic heterocycles. The van der Waals surface area contributed by atoms with E-state index >= 15 is 0 Å². The quantitative estimate of drug-likeness (QED) is 0.0394. The molecule has 2 unspecified atom stereocenters. The molecule has 2 aliphatic rings. The Hall–Kier alpha value is -7.80. The lowest BCUT2D eigenvalue weighted by atomic mass is 10.1. The van der Waals surface area contributed by atoms with Crippen molar-refractivity contribution >= 4 is 67.0 Å². The normalized spacial score (nSPS) is 15.1. The molecule has 0 amide bonds. The van der Waals surface area contributed by atoms with Gasteiger partial charge in [-0.15, -0.1) is 0 Å². The average Bonchev–Trinajstić information content (AvgIpc) is 4.29. The average molecular weight is 869 g/mol. The van der Waals surface area contributed by atoms with Gasteiger partial charge in [0.05, 0.1) is 48.7 Å². The topological polar surface area (TPSA) is 149 Å². The van der Waals surface area contributed by atoms with Gasteiger partial charge < -0.3 is 37.9 Å². The first-order valence-electron chi connectivity index (χ1n) is 21.2. The minimum absolute atomic E-state index is 0.0451. The first kappa shape index (κ1) is 41.2. The van der Waals surface area contributed by atoms with E-state index in [0.717, 1.165) is 67.8 Å². The Labute approximate surface area is 372 Å². The maximum Gasteiger partial charge on any atom is 0.343 e. The van der Waals surface area contributed by atoms with Crippen molar-refractivity contribution in [2.75, 3.05) is 39.6 Å². The van der Waals surface area contributed by atoms with Crippen LogP contribution in [-0.2, 0) is 18.9 Å². The van der Waals surface area contributed by atoms with E-state index in [1.165, 1.54) is 0 Å². The Morgan fingerprint density at radius 2 is 0.677 bits per heavy atom. The fourth-order valence-corrected chi connectivity index (χ4v) is 7.30. The molecule has 0 N–H and O–H groups in total. The lowest BCUT2D eigenvalue weighted by Gasteiger charge is -2.10. The van der Waals surface area contributed by atoms with Crippen molar-refractivity contribution in [3.8, 4) is 23.0 Å². The molecule has 324 valence electrons. The van der Waals surface area contributed by atoms with Gasteiger partial charge in [-0.25, -0.2) is 19.2 Å². The third-order valence-corrected chi connectivity index (χ3v) is 11.0. The number of rotatable bonds is 16. The third-order valence-electron chi connectivity index (χ3n) is 11.0. The summed E-state index contributed by atoms with van der Waals surface area (Å²) < 4.78 is 44.2. The lowest BCUT2D eigenvalue weighted by molar-refractivity contribution is 0.0395. The van der Waals surface area contributed by atoms with Crippen LogP contribution in [0.4, 0.5) is 0 Å². The van der Waals surface area contributed by atoms with Gasteiger partial charge in [0, 0.05) is 6.42 Å². The monoisotopic (exact) mass is 868 g/mol. The van der Waals surface area contributed by atoms with Gasteiger partial charge in [-0.2, -0.15) is 0 Å². The number of hydrogen-bond acceptors (Lipinski definition) is 12. The van der Waals surface area contributed by atoms with E-state index in [-0.39, 0.29) is 25.4 Å². The standard InChI is InChI=1S/C53H40O12/c54-50(40-6-2-38-26-46(16-12-34(38)20-40)64-52(56)42-8-4-36-24-44(14-10-32(36)22-42)60-28-48-30-62-48)58-18-1-19-59-51(55)41-7-3-39-27-47(17-13-35(39)21-41)65-53(57)43-9-5-37-25-45(15-11-33(37)23-43)61-29-49-31-63-49/h2-17,20-27,48-49H,1,18-19,28-31H2. The lowest BCUT2D eigenvalue weighted by Crippen LogP contribution is -2.11. The van der Waals surface area contributed by atoms with Gasteiger partial charge in [0.15, 0.2) is 0 Å². The van der Waals surface area contributed by atoms with Crippen LogP contribution in [0.1, 0.15) is 47.9 Å². The SMILES string of the molecule is O=C(OCCCOC(=O)c1ccc2cc(OC(=O)c3ccc4cc(OCC5CO5)ccc4c3)ccc2c1)c1ccc2cc(OC(=O)c3ccc4cc(OCC5CO5)ccc4c3)ccc2c1. The van der Waals surface area contributed by atoms with Crippen LogP contribution in [0.5, 0.6) is 23.0 Å². The Morgan fingerprint density at radius 3 is 1.03 bits per heavy atom. The molecule has 12 nitrogen and oxygen atoms in total. The first-order chi connectivity index (χ1) is 31.8. The summed E-state index contributed by atoms with van der Waals surface area (Å²) in [4.78, 5) is 51.9. The molecule has 2 aliphatic heterocycles. The highest BCUT2D eigenvalue weighted by molar-refractivity contribution is 6.00. The molecule has 8 aromatic rings. The molecule has 12 heteroatoms. The van der Waals surface area contributed by atoms with E-state index < -0.39 is 23.9 Å². The Morgan fingerprint density at radius 1 is 0.385 bits per heavy atom. The van der Waals surface area contributed by atoms with Crippen molar-refractivity contribution < 1.29 is 57.1 Å². The maximum atomic E-state index is 13.0. The largest absolute Gasteiger partial charge is 0.491 e. The van der Waals surface area contributed by atoms with Crippen molar-refractivity contribution in [1.29, 1.82) is 0 Å². The predicted molar refractivity (Wildman–Crippen MR) is 241 cm³/mol. The van der Waals surface area contributed by atoms with Crippen LogP contribution in [0.2, 0.25) is 0 Å². The number of fused-ring (bicyclic) bond motifs is 4. The molecule has 0 spiro atoms. The van der Waals surface area contributed by atoms with Crippen LogP contribution < -0.4 is 18.9 Å². The van der Waals surface area contributed by atoms with Crippen LogP contribution >= 0.6 is 0 Å². The zero-order chi connectivity index (χ0) is 44.3. The van der Waals surface area contributed by atoms with E-state index in [9.17, 15) is 19.2 Å². The highest BCUT2D eigenvalue weighted by Gasteiger charge is 2.24. The second-order valence-corrected chi connectivity index (χ2v) is 15.8. The van der Waals surface area contributed by atoms with Crippen LogP contribution in [0.3, 0.4) is 0 Å². The zero-order valence-electron chi connectivity index (χ0n) is 34.9. The van der Waals surface area contributed by atoms with Crippen molar-refractivity contribution in [1.82, 2.24) is 0 Å². The Bertz CT molecular complexity index is 2940. The first-order valence-corrected chi connectivity index (χ1v) is 21.2. The van der Waals surface area contributed by atoms with Crippen LogP contribution in [0.15, 0.2) is 146 Å². The molecule has 2 saturated heterocycles. The summed E-state index contributed by atoms with van der Waals surface area (Å²) >= 11 is 0. The van der Waals surface area contributed by atoms with E-state index in [2.05, 4.69) is 0 Å². The van der Waals surface area contributed by atoms with Gasteiger partial charge in [-0.1, -0.05) is 48.5 Å². The fourth-order valence-electron chi connectivity index (χ4n) is 7.30. The summed E-state index contributed by atoms with van der Waals surface area (Å²) in [5.41, 5.74) is 1.53. The molecule has 10 rings (SSSR count). The number of carbonyl (C=O) groups excluding carboxylic acids is 4. The second kappa shape index (κ2) is 18.1. The van der Waals surface area contributed by atoms with Gasteiger partial charge in [-0.3, -0.25) is 0 Å². The molecule has 0 aliphatic carbocycles. The van der Waals surface area contributed by atoms with Gasteiger partial charge in [0.1, 0.15) is 48.4 Å². The zero-order valence-corrected chi connectivity index (χ0v) is 34.9. The van der Waals surface area contributed by atoms with E-state index in [4.69, 9.17) is 37.9 Å². The summed E-state index contributed by atoms with van der Waals surface area (Å²) in [6, 6.07) is 42.7. The van der Waals surface area contributed by atoms with E-state index in [0.29, 0.717) is 53.4 Å². The number of hydrogen-bond donors (Lipinski definition) is 0. The highest BCUT2D eigenvalue weighted by atomic mass is 16.6. The number of esters is 4. The molecule has 2 heterocycles. The predicted octanol–water partition coefficient (Wildman–Crippen LogP) is 9.70. The number of ether oxygens (including phenoxy) is 8. The van der Waals surface area contributed by atoms with Gasteiger partial charge >= 0.3 is 23.9 Å². The number of benzene rings is 8. The van der Waals surface area contributed by atoms with Gasteiger partial charge in [0.2, 0.25) is 0 Å². The molecular weight excluding hydrogens is 829 g/mol. The van der Waals surface area contributed by atoms with Crippen LogP contribution in [0, 0.1) is 0 Å². The summed E-state index contributed by atoms with van der Waals surface area (Å²) in [6.07, 6.45) is 0.632. The summed E-state index contributed by atoms with van der Waals surface area (Å²) in [7, 11) is 0. The fraction of sp³-hybridized carbons (Fsp3) is 0.170. The van der Waals surface area contributed by atoms with Crippen LogP contribution in [-0.4, -0.2) is 75.7 Å². The van der Waals surface area contributed by atoms with Gasteiger partial charge in [0.25, 0.3) is 0 Å². The van der Waals surface area contributed by atoms with Crippen LogP contribution in [0.25, 0.3) is 43.1 Å². The molecule has 65 heavy (non-hydrogen) atoms. The number of epoxide rings is 2.